The summed E-state index contributed by atoms with van der Waals surface area (Å²) in [6, 6.07) is 12.5. The third-order valence-electron chi connectivity index (χ3n) is 4.48. The fourth-order valence-corrected chi connectivity index (χ4v) is 2.86. The van der Waals surface area contributed by atoms with Crippen molar-refractivity contribution < 1.29 is 28.4 Å². The summed E-state index contributed by atoms with van der Waals surface area (Å²) < 4.78 is 32.8. The fourth-order valence-electron chi connectivity index (χ4n) is 2.86. The van der Waals surface area contributed by atoms with E-state index in [-0.39, 0.29) is 0 Å². The molecule has 0 fully saturated rings. The first-order chi connectivity index (χ1) is 14.7. The molecule has 6 nitrogen and oxygen atoms in total. The Kier molecular flexibility index (Phi) is 11.3. The lowest BCUT2D eigenvalue weighted by Gasteiger charge is -2.16. The molecular formula is C24H34O6. The summed E-state index contributed by atoms with van der Waals surface area (Å²) in [5.41, 5.74) is 4.72. The van der Waals surface area contributed by atoms with Crippen molar-refractivity contribution >= 4 is 0 Å². The van der Waals surface area contributed by atoms with Crippen molar-refractivity contribution in [2.45, 2.75) is 13.8 Å². The predicted molar refractivity (Wildman–Crippen MR) is 118 cm³/mol. The molecule has 2 rings (SSSR count). The van der Waals surface area contributed by atoms with Crippen molar-refractivity contribution in [2.75, 3.05) is 67.1 Å². The van der Waals surface area contributed by atoms with E-state index in [0.29, 0.717) is 64.4 Å². The van der Waals surface area contributed by atoms with Crippen molar-refractivity contribution in [1.29, 1.82) is 0 Å². The number of aryl methyl sites for hydroxylation is 2. The zero-order valence-electron chi connectivity index (χ0n) is 18.6. The minimum absolute atomic E-state index is 0.431. The Morgan fingerprint density at radius 1 is 0.600 bits per heavy atom. The van der Waals surface area contributed by atoms with E-state index in [1.165, 1.54) is 16.7 Å². The van der Waals surface area contributed by atoms with Crippen LogP contribution in [-0.2, 0) is 18.9 Å². The molecule has 0 aliphatic carbocycles. The minimum atomic E-state index is 0.431. The second-order valence-electron chi connectivity index (χ2n) is 6.89. The van der Waals surface area contributed by atoms with Crippen molar-refractivity contribution in [2.24, 2.45) is 0 Å². The second-order valence-corrected chi connectivity index (χ2v) is 6.89. The molecule has 2 aromatic rings. The van der Waals surface area contributed by atoms with Gasteiger partial charge in [0.05, 0.1) is 39.6 Å². The Morgan fingerprint density at radius 3 is 1.83 bits per heavy atom. The zero-order valence-corrected chi connectivity index (χ0v) is 18.6. The summed E-state index contributed by atoms with van der Waals surface area (Å²) >= 11 is 0. The Morgan fingerprint density at radius 2 is 1.20 bits per heavy atom. The molecule has 0 amide bonds. The first kappa shape index (κ1) is 24.2. The van der Waals surface area contributed by atoms with Crippen LogP contribution in [0.5, 0.6) is 11.5 Å². The third kappa shape index (κ3) is 8.32. The van der Waals surface area contributed by atoms with Crippen LogP contribution in [0.3, 0.4) is 0 Å². The summed E-state index contributed by atoms with van der Waals surface area (Å²) in [4.78, 5) is 0. The standard InChI is InChI=1S/C24H34O6/c1-19-5-6-20(2)22(17-19)21-7-8-23(29-15-13-27-11-9-25-3)24(18-21)30-16-14-28-12-10-26-4/h5-8,17-18H,9-16H2,1-4H3. The Bertz CT molecular complexity index is 746. The third-order valence-corrected chi connectivity index (χ3v) is 4.48. The van der Waals surface area contributed by atoms with Crippen molar-refractivity contribution in [3.63, 3.8) is 0 Å². The van der Waals surface area contributed by atoms with Gasteiger partial charge in [0, 0.05) is 14.2 Å². The highest BCUT2D eigenvalue weighted by Gasteiger charge is 2.10. The number of benzene rings is 2. The predicted octanol–water partition coefficient (Wildman–Crippen LogP) is 4.05. The van der Waals surface area contributed by atoms with E-state index in [2.05, 4.69) is 38.1 Å². The van der Waals surface area contributed by atoms with Gasteiger partial charge in [0.2, 0.25) is 0 Å². The van der Waals surface area contributed by atoms with E-state index in [4.69, 9.17) is 28.4 Å². The smallest absolute Gasteiger partial charge is 0.161 e. The summed E-state index contributed by atoms with van der Waals surface area (Å²) in [6.07, 6.45) is 0. The van der Waals surface area contributed by atoms with E-state index in [9.17, 15) is 0 Å². The summed E-state index contributed by atoms with van der Waals surface area (Å²) in [7, 11) is 3.31. The van der Waals surface area contributed by atoms with Gasteiger partial charge in [-0.05, 0) is 42.7 Å². The average Bonchev–Trinajstić information content (AvgIpc) is 2.75. The summed E-state index contributed by atoms with van der Waals surface area (Å²) in [5, 5.41) is 0. The van der Waals surface area contributed by atoms with Crippen LogP contribution in [0.2, 0.25) is 0 Å². The first-order valence-corrected chi connectivity index (χ1v) is 10.3. The molecule has 0 atom stereocenters. The van der Waals surface area contributed by atoms with Crippen molar-refractivity contribution in [1.82, 2.24) is 0 Å². The van der Waals surface area contributed by atoms with E-state index < -0.39 is 0 Å². The fraction of sp³-hybridized carbons (Fsp3) is 0.500. The lowest BCUT2D eigenvalue weighted by atomic mass is 9.98. The Labute approximate surface area is 180 Å². The topological polar surface area (TPSA) is 55.4 Å². The number of methoxy groups -OCH3 is 2. The number of ether oxygens (including phenoxy) is 6. The molecule has 0 aliphatic heterocycles. The first-order valence-electron chi connectivity index (χ1n) is 10.3. The highest BCUT2D eigenvalue weighted by Crippen LogP contribution is 2.34. The summed E-state index contributed by atoms with van der Waals surface area (Å²) in [5.74, 6) is 1.39. The summed E-state index contributed by atoms with van der Waals surface area (Å²) in [6.45, 7) is 8.28. The molecule has 2 aromatic carbocycles. The number of hydrogen-bond donors (Lipinski definition) is 0. The Balaban J connectivity index is 2.05. The molecule has 0 radical (unpaired) electrons. The minimum Gasteiger partial charge on any atom is -0.487 e. The van der Waals surface area contributed by atoms with Crippen molar-refractivity contribution in [3.05, 3.63) is 47.5 Å². The van der Waals surface area contributed by atoms with Crippen LogP contribution in [0.25, 0.3) is 11.1 Å². The van der Waals surface area contributed by atoms with Gasteiger partial charge in [-0.1, -0.05) is 29.8 Å². The van der Waals surface area contributed by atoms with Crippen LogP contribution in [-0.4, -0.2) is 67.1 Å². The van der Waals surface area contributed by atoms with Gasteiger partial charge in [-0.3, -0.25) is 0 Å². The highest BCUT2D eigenvalue weighted by atomic mass is 16.6. The molecule has 6 heteroatoms. The molecule has 166 valence electrons. The molecule has 0 bridgehead atoms. The number of rotatable bonds is 15. The molecule has 0 unspecified atom stereocenters. The largest absolute Gasteiger partial charge is 0.487 e. The molecule has 0 aliphatic rings. The maximum Gasteiger partial charge on any atom is 0.161 e. The normalized spacial score (nSPS) is 10.9. The zero-order chi connectivity index (χ0) is 21.6. The molecule has 0 saturated carbocycles. The monoisotopic (exact) mass is 418 g/mol. The van der Waals surface area contributed by atoms with Crippen LogP contribution < -0.4 is 9.47 Å². The van der Waals surface area contributed by atoms with Crippen LogP contribution in [0, 0.1) is 13.8 Å². The molecule has 0 spiro atoms. The van der Waals surface area contributed by atoms with Gasteiger partial charge < -0.3 is 28.4 Å². The van der Waals surface area contributed by atoms with E-state index in [0.717, 1.165) is 5.56 Å². The van der Waals surface area contributed by atoms with Gasteiger partial charge in [-0.25, -0.2) is 0 Å². The molecule has 0 aromatic heterocycles. The quantitative estimate of drug-likeness (QED) is 0.407. The highest BCUT2D eigenvalue weighted by molar-refractivity contribution is 5.70. The molecule has 0 N–H and O–H groups in total. The molecule has 0 heterocycles. The molecule has 0 saturated heterocycles. The van der Waals surface area contributed by atoms with E-state index in [1.54, 1.807) is 14.2 Å². The number of hydrogen-bond acceptors (Lipinski definition) is 6. The van der Waals surface area contributed by atoms with E-state index >= 15 is 0 Å². The van der Waals surface area contributed by atoms with Crippen molar-refractivity contribution in [3.8, 4) is 22.6 Å². The van der Waals surface area contributed by atoms with Gasteiger partial charge in [0.25, 0.3) is 0 Å². The maximum absolute atomic E-state index is 5.99. The molecule has 30 heavy (non-hydrogen) atoms. The van der Waals surface area contributed by atoms with Gasteiger partial charge in [-0.2, -0.15) is 0 Å². The van der Waals surface area contributed by atoms with Gasteiger partial charge in [0.1, 0.15) is 13.2 Å². The van der Waals surface area contributed by atoms with Crippen LogP contribution in [0.1, 0.15) is 11.1 Å². The van der Waals surface area contributed by atoms with Crippen LogP contribution in [0.4, 0.5) is 0 Å². The lowest BCUT2D eigenvalue weighted by molar-refractivity contribution is 0.0499. The maximum atomic E-state index is 5.99. The SMILES string of the molecule is COCCOCCOc1ccc(-c2cc(C)ccc2C)cc1OCCOCCOC. The van der Waals surface area contributed by atoms with Gasteiger partial charge >= 0.3 is 0 Å². The van der Waals surface area contributed by atoms with Gasteiger partial charge in [0.15, 0.2) is 11.5 Å². The van der Waals surface area contributed by atoms with Gasteiger partial charge in [-0.15, -0.1) is 0 Å². The molecular weight excluding hydrogens is 384 g/mol. The average molecular weight is 419 g/mol. The lowest BCUT2D eigenvalue weighted by Crippen LogP contribution is -2.12. The second kappa shape index (κ2) is 14.0. The van der Waals surface area contributed by atoms with Crippen LogP contribution in [0.15, 0.2) is 36.4 Å². The van der Waals surface area contributed by atoms with Crippen LogP contribution >= 0.6 is 0 Å². The Hall–Kier alpha value is -2.12. The van der Waals surface area contributed by atoms with E-state index in [1.807, 2.05) is 12.1 Å².